The Labute approximate surface area is 114 Å². The molecule has 1 aromatic rings. The summed E-state index contributed by atoms with van der Waals surface area (Å²) in [5, 5.41) is 0. The molecule has 108 valence electrons. The number of carbonyl (C=O) groups is 1. The van der Waals surface area contributed by atoms with E-state index in [-0.39, 0.29) is 11.3 Å². The van der Waals surface area contributed by atoms with Gasteiger partial charge < -0.3 is 5.73 Å². The van der Waals surface area contributed by atoms with Crippen molar-refractivity contribution in [2.45, 2.75) is 46.0 Å². The van der Waals surface area contributed by atoms with Crippen LogP contribution in [0.2, 0.25) is 0 Å². The summed E-state index contributed by atoms with van der Waals surface area (Å²) in [5.41, 5.74) is 5.17. The van der Waals surface area contributed by atoms with Gasteiger partial charge in [-0.2, -0.15) is 0 Å². The number of hydrogen-bond acceptors (Lipinski definition) is 2. The first-order valence-electron chi connectivity index (χ1n) is 6.58. The average Bonchev–Trinajstić information content (AvgIpc) is 2.38. The van der Waals surface area contributed by atoms with Crippen LogP contribution in [0.15, 0.2) is 12.1 Å². The van der Waals surface area contributed by atoms with Crippen LogP contribution in [0, 0.1) is 18.6 Å². The number of benzene rings is 1. The van der Waals surface area contributed by atoms with Gasteiger partial charge in [-0.25, -0.2) is 8.78 Å². The number of rotatable bonds is 6. The minimum absolute atomic E-state index is 0.0517. The number of aryl methyl sites for hydroxylation is 1. The Bertz CT molecular complexity index is 382. The molecule has 0 aromatic heterocycles. The van der Waals surface area contributed by atoms with Crippen molar-refractivity contribution < 1.29 is 13.6 Å². The Morgan fingerprint density at radius 2 is 1.68 bits per heavy atom. The molecule has 4 heteroatoms. The van der Waals surface area contributed by atoms with E-state index in [0.717, 1.165) is 6.42 Å². The van der Waals surface area contributed by atoms with Gasteiger partial charge in [0, 0.05) is 18.4 Å². The number of nitrogens with two attached hydrogens (primary N) is 1. The summed E-state index contributed by atoms with van der Waals surface area (Å²) >= 11 is 0. The number of Topliss-reactive ketones (excluding diaryl/α,β-unsaturated/α-hetero) is 1. The second kappa shape index (κ2) is 9.62. The van der Waals surface area contributed by atoms with Crippen LogP contribution >= 0.6 is 0 Å². The highest BCUT2D eigenvalue weighted by Gasteiger charge is 2.07. The summed E-state index contributed by atoms with van der Waals surface area (Å²) in [6, 6.07) is 2.70. The van der Waals surface area contributed by atoms with E-state index in [4.69, 9.17) is 0 Å². The highest BCUT2D eigenvalue weighted by atomic mass is 19.1. The Kier molecular flexibility index (Phi) is 8.96. The maximum atomic E-state index is 13.2. The van der Waals surface area contributed by atoms with Gasteiger partial charge in [-0.05, 0) is 50.9 Å². The fourth-order valence-corrected chi connectivity index (χ4v) is 1.74. The predicted octanol–water partition coefficient (Wildman–Crippen LogP) is 3.54. The molecule has 0 spiro atoms. The Balaban J connectivity index is 0.00000154. The second-order valence-electron chi connectivity index (χ2n) is 4.33. The molecule has 2 nitrogen and oxygen atoms in total. The summed E-state index contributed by atoms with van der Waals surface area (Å²) in [5.74, 6) is -0.805. The molecule has 1 rings (SSSR count). The molecular formula is C15H23F2NO. The number of ketones is 1. The summed E-state index contributed by atoms with van der Waals surface area (Å²) in [4.78, 5) is 11.3. The van der Waals surface area contributed by atoms with Crippen molar-refractivity contribution in [3.63, 3.8) is 0 Å². The topological polar surface area (TPSA) is 43.1 Å². The van der Waals surface area contributed by atoms with E-state index in [1.165, 1.54) is 26.1 Å². The first-order chi connectivity index (χ1) is 9.04. The van der Waals surface area contributed by atoms with Crippen molar-refractivity contribution in [1.29, 1.82) is 0 Å². The van der Waals surface area contributed by atoms with Gasteiger partial charge in [-0.3, -0.25) is 4.79 Å². The molecule has 0 saturated carbocycles. The van der Waals surface area contributed by atoms with Gasteiger partial charge in [0.2, 0.25) is 0 Å². The molecule has 0 unspecified atom stereocenters. The quantitative estimate of drug-likeness (QED) is 0.860. The summed E-state index contributed by atoms with van der Waals surface area (Å²) < 4.78 is 26.5. The zero-order valence-corrected chi connectivity index (χ0v) is 11.9. The maximum Gasteiger partial charge on any atom is 0.132 e. The average molecular weight is 271 g/mol. The molecule has 0 fully saturated rings. The molecule has 0 aliphatic rings. The van der Waals surface area contributed by atoms with Crippen LogP contribution in [0.25, 0.3) is 0 Å². The van der Waals surface area contributed by atoms with Gasteiger partial charge in [0.25, 0.3) is 0 Å². The molecule has 0 amide bonds. The lowest BCUT2D eigenvalue weighted by Crippen LogP contribution is -1.99. The van der Waals surface area contributed by atoms with Crippen molar-refractivity contribution >= 4 is 5.78 Å². The van der Waals surface area contributed by atoms with E-state index >= 15 is 0 Å². The summed E-state index contributed by atoms with van der Waals surface area (Å²) in [6.07, 6.45) is 3.14. The van der Waals surface area contributed by atoms with Gasteiger partial charge in [-0.1, -0.05) is 6.92 Å². The first-order valence-corrected chi connectivity index (χ1v) is 6.58. The fourth-order valence-electron chi connectivity index (χ4n) is 1.74. The lowest BCUT2D eigenvalue weighted by molar-refractivity contribution is -0.119. The monoisotopic (exact) mass is 271 g/mol. The van der Waals surface area contributed by atoms with E-state index in [0.29, 0.717) is 31.2 Å². The van der Waals surface area contributed by atoms with E-state index < -0.39 is 11.6 Å². The number of hydrogen-bond donors (Lipinski definition) is 1. The third kappa shape index (κ3) is 6.43. The third-order valence-corrected chi connectivity index (χ3v) is 2.79. The van der Waals surface area contributed by atoms with E-state index in [9.17, 15) is 13.6 Å². The smallest absolute Gasteiger partial charge is 0.132 e. The van der Waals surface area contributed by atoms with Gasteiger partial charge in [0.15, 0.2) is 0 Å². The highest BCUT2D eigenvalue weighted by molar-refractivity contribution is 5.78. The van der Waals surface area contributed by atoms with E-state index in [1.807, 2.05) is 6.92 Å². The summed E-state index contributed by atoms with van der Waals surface area (Å²) in [6.45, 7) is 3.38. The molecule has 1 aromatic carbocycles. The van der Waals surface area contributed by atoms with Crippen molar-refractivity contribution in [2.24, 2.45) is 5.73 Å². The molecular weight excluding hydrogens is 248 g/mol. The first kappa shape index (κ1) is 17.7. The van der Waals surface area contributed by atoms with Crippen LogP contribution in [0.3, 0.4) is 0 Å². The summed E-state index contributed by atoms with van der Waals surface area (Å²) in [7, 11) is 1.50. The Morgan fingerprint density at radius 1 is 1.16 bits per heavy atom. The lowest BCUT2D eigenvalue weighted by Gasteiger charge is -2.04. The van der Waals surface area contributed by atoms with Crippen molar-refractivity contribution in [3.05, 3.63) is 34.9 Å². The largest absolute Gasteiger partial charge is 0.333 e. The standard InChI is InChI=1S/C14H18F2O.CH5N/c1-3-5-12(17)7-4-6-11-8-13(15)10(2)14(16)9-11;1-2/h8-9H,3-7H2,1-2H3;2H2,1H3. The van der Waals surface area contributed by atoms with E-state index in [1.54, 1.807) is 0 Å². The molecule has 0 heterocycles. The molecule has 0 radical (unpaired) electrons. The van der Waals surface area contributed by atoms with Gasteiger partial charge in [0.05, 0.1) is 0 Å². The van der Waals surface area contributed by atoms with Crippen molar-refractivity contribution in [1.82, 2.24) is 0 Å². The van der Waals surface area contributed by atoms with Crippen LogP contribution in [-0.4, -0.2) is 12.8 Å². The van der Waals surface area contributed by atoms with Crippen molar-refractivity contribution in [2.75, 3.05) is 7.05 Å². The predicted molar refractivity (Wildman–Crippen MR) is 74.1 cm³/mol. The van der Waals surface area contributed by atoms with Crippen LogP contribution in [0.1, 0.15) is 43.7 Å². The van der Waals surface area contributed by atoms with Crippen LogP contribution in [0.5, 0.6) is 0 Å². The Morgan fingerprint density at radius 3 is 2.16 bits per heavy atom. The van der Waals surface area contributed by atoms with Gasteiger partial charge in [-0.15, -0.1) is 0 Å². The highest BCUT2D eigenvalue weighted by Crippen LogP contribution is 2.16. The normalized spacial score (nSPS) is 9.79. The molecule has 0 bridgehead atoms. The molecule has 0 aliphatic carbocycles. The molecule has 0 saturated heterocycles. The lowest BCUT2D eigenvalue weighted by atomic mass is 10.0. The van der Waals surface area contributed by atoms with Crippen LogP contribution in [-0.2, 0) is 11.2 Å². The SMILES string of the molecule is CCCC(=O)CCCc1cc(F)c(C)c(F)c1.CN. The zero-order valence-electron chi connectivity index (χ0n) is 11.9. The maximum absolute atomic E-state index is 13.2. The number of carbonyl (C=O) groups excluding carboxylic acids is 1. The second-order valence-corrected chi connectivity index (χ2v) is 4.33. The van der Waals surface area contributed by atoms with Gasteiger partial charge >= 0.3 is 0 Å². The van der Waals surface area contributed by atoms with Crippen LogP contribution in [0.4, 0.5) is 8.78 Å². The number of halogens is 2. The zero-order chi connectivity index (χ0) is 14.8. The minimum atomic E-state index is -0.514. The fraction of sp³-hybridized carbons (Fsp3) is 0.533. The Hall–Kier alpha value is -1.29. The third-order valence-electron chi connectivity index (χ3n) is 2.79. The van der Waals surface area contributed by atoms with Gasteiger partial charge in [0.1, 0.15) is 17.4 Å². The van der Waals surface area contributed by atoms with Crippen molar-refractivity contribution in [3.8, 4) is 0 Å². The molecule has 0 atom stereocenters. The minimum Gasteiger partial charge on any atom is -0.333 e. The van der Waals surface area contributed by atoms with Crippen LogP contribution < -0.4 is 5.73 Å². The molecule has 19 heavy (non-hydrogen) atoms. The van der Waals surface area contributed by atoms with E-state index in [2.05, 4.69) is 5.73 Å². The molecule has 0 aliphatic heterocycles. The molecule has 2 N–H and O–H groups in total.